The van der Waals surface area contributed by atoms with Crippen LogP contribution in [0, 0.1) is 11.8 Å². The Hall–Kier alpha value is -1.42. The number of rotatable bonds is 7. The summed E-state index contributed by atoms with van der Waals surface area (Å²) in [6.07, 6.45) is 7.22. The van der Waals surface area contributed by atoms with Crippen molar-refractivity contribution < 1.29 is 19.8 Å². The fourth-order valence-electron chi connectivity index (χ4n) is 2.32. The molecule has 3 atom stereocenters. The molecule has 4 nitrogen and oxygen atoms in total. The van der Waals surface area contributed by atoms with Crippen LogP contribution in [0.4, 0.5) is 0 Å². The number of Topliss-reactive ketones (excluding diaryl/α,β-unsaturated/α-hetero) is 1. The highest BCUT2D eigenvalue weighted by Crippen LogP contribution is 2.32. The van der Waals surface area contributed by atoms with Gasteiger partial charge in [-0.2, -0.15) is 0 Å². The van der Waals surface area contributed by atoms with E-state index < -0.39 is 12.1 Å². The summed E-state index contributed by atoms with van der Waals surface area (Å²) in [5.41, 5.74) is 0. The first-order valence-electron chi connectivity index (χ1n) is 6.26. The van der Waals surface area contributed by atoms with E-state index in [1.165, 1.54) is 0 Å². The Bertz CT molecular complexity index is 346. The second-order valence-corrected chi connectivity index (χ2v) is 4.66. The number of carboxylic acids is 1. The van der Waals surface area contributed by atoms with E-state index in [0.29, 0.717) is 19.3 Å². The van der Waals surface area contributed by atoms with E-state index in [1.807, 2.05) is 12.2 Å². The zero-order valence-corrected chi connectivity index (χ0v) is 10.4. The van der Waals surface area contributed by atoms with Crippen molar-refractivity contribution >= 4 is 11.8 Å². The zero-order chi connectivity index (χ0) is 13.5. The summed E-state index contributed by atoms with van der Waals surface area (Å²) in [7, 11) is 0. The van der Waals surface area contributed by atoms with E-state index in [1.54, 1.807) is 6.08 Å². The summed E-state index contributed by atoms with van der Waals surface area (Å²) in [5, 5.41) is 18.2. The fraction of sp³-hybridized carbons (Fsp3) is 0.571. The maximum absolute atomic E-state index is 11.5. The molecule has 100 valence electrons. The molecule has 0 unspecified atom stereocenters. The van der Waals surface area contributed by atoms with Crippen molar-refractivity contribution in [3.8, 4) is 0 Å². The second-order valence-electron chi connectivity index (χ2n) is 4.66. The average molecular weight is 252 g/mol. The minimum absolute atomic E-state index is 0.0572. The summed E-state index contributed by atoms with van der Waals surface area (Å²) in [4.78, 5) is 21.8. The first-order chi connectivity index (χ1) is 8.56. The number of carbonyl (C=O) groups excluding carboxylic acids is 1. The van der Waals surface area contributed by atoms with Crippen LogP contribution in [0.1, 0.15) is 32.1 Å². The normalized spacial score (nSPS) is 27.8. The molecule has 0 saturated heterocycles. The number of hydrogen-bond donors (Lipinski definition) is 2. The molecule has 0 heterocycles. The van der Waals surface area contributed by atoms with Gasteiger partial charge in [0.1, 0.15) is 5.78 Å². The van der Waals surface area contributed by atoms with Crippen LogP contribution >= 0.6 is 0 Å². The van der Waals surface area contributed by atoms with Crippen molar-refractivity contribution in [3.63, 3.8) is 0 Å². The predicted molar refractivity (Wildman–Crippen MR) is 68.1 cm³/mol. The maximum Gasteiger partial charge on any atom is 0.303 e. The van der Waals surface area contributed by atoms with Crippen molar-refractivity contribution in [1.82, 2.24) is 0 Å². The number of unbranched alkanes of at least 4 members (excludes halogenated alkanes) is 1. The number of hydrogen-bond acceptors (Lipinski definition) is 3. The standard InChI is InChI=1S/C14H20O4/c1-2-10-11(13(16)9-12(10)15)7-5-3-4-6-8-14(17)18/h2-3,5,10-11,13,16H,1,4,6-9H2,(H,17,18)/b5-3-/t10-,11-,13+/m1/s1. The van der Waals surface area contributed by atoms with Crippen LogP contribution in [0.5, 0.6) is 0 Å². The average Bonchev–Trinajstić information content (AvgIpc) is 2.57. The molecule has 0 aromatic heterocycles. The Kier molecular flexibility index (Phi) is 5.78. The van der Waals surface area contributed by atoms with Crippen molar-refractivity contribution in [2.45, 2.75) is 38.2 Å². The molecule has 1 saturated carbocycles. The predicted octanol–water partition coefficient (Wildman–Crippen LogP) is 1.94. The third-order valence-electron chi connectivity index (χ3n) is 3.33. The Morgan fingerprint density at radius 3 is 2.78 bits per heavy atom. The highest BCUT2D eigenvalue weighted by molar-refractivity contribution is 5.85. The number of allylic oxidation sites excluding steroid dienone is 3. The van der Waals surface area contributed by atoms with Crippen LogP contribution in [-0.4, -0.2) is 28.1 Å². The molecule has 1 rings (SSSR count). The molecule has 0 amide bonds. The SMILES string of the molecule is C=C[C@H]1C(=O)C[C@H](O)[C@@H]1C/C=C\CCCC(=O)O. The lowest BCUT2D eigenvalue weighted by atomic mass is 9.91. The van der Waals surface area contributed by atoms with Crippen LogP contribution in [0.2, 0.25) is 0 Å². The van der Waals surface area contributed by atoms with Gasteiger partial charge < -0.3 is 10.2 Å². The molecule has 4 heteroatoms. The Morgan fingerprint density at radius 2 is 2.17 bits per heavy atom. The molecule has 0 aromatic rings. The van der Waals surface area contributed by atoms with Crippen LogP contribution < -0.4 is 0 Å². The van der Waals surface area contributed by atoms with Gasteiger partial charge in [-0.3, -0.25) is 9.59 Å². The van der Waals surface area contributed by atoms with Gasteiger partial charge in [-0.1, -0.05) is 18.2 Å². The van der Waals surface area contributed by atoms with Gasteiger partial charge in [0.15, 0.2) is 0 Å². The molecular weight excluding hydrogens is 232 g/mol. The van der Waals surface area contributed by atoms with Crippen LogP contribution in [-0.2, 0) is 9.59 Å². The first-order valence-corrected chi connectivity index (χ1v) is 6.26. The van der Waals surface area contributed by atoms with Crippen molar-refractivity contribution in [2.24, 2.45) is 11.8 Å². The highest BCUT2D eigenvalue weighted by Gasteiger charge is 2.38. The van der Waals surface area contributed by atoms with Crippen molar-refractivity contribution in [2.75, 3.05) is 0 Å². The minimum atomic E-state index is -0.785. The van der Waals surface area contributed by atoms with E-state index in [2.05, 4.69) is 6.58 Å². The Labute approximate surface area is 107 Å². The molecule has 1 aliphatic carbocycles. The summed E-state index contributed by atoms with van der Waals surface area (Å²) in [6, 6.07) is 0. The van der Waals surface area contributed by atoms with Gasteiger partial charge in [0.25, 0.3) is 0 Å². The van der Waals surface area contributed by atoms with Crippen molar-refractivity contribution in [3.05, 3.63) is 24.8 Å². The molecule has 0 radical (unpaired) electrons. The number of aliphatic carboxylic acids is 1. The molecule has 18 heavy (non-hydrogen) atoms. The summed E-state index contributed by atoms with van der Waals surface area (Å²) >= 11 is 0. The molecule has 0 aliphatic heterocycles. The van der Waals surface area contributed by atoms with Gasteiger partial charge in [0.2, 0.25) is 0 Å². The van der Waals surface area contributed by atoms with Crippen LogP contribution in [0.15, 0.2) is 24.8 Å². The van der Waals surface area contributed by atoms with Crippen LogP contribution in [0.25, 0.3) is 0 Å². The zero-order valence-electron chi connectivity index (χ0n) is 10.4. The van der Waals surface area contributed by atoms with E-state index in [9.17, 15) is 14.7 Å². The van der Waals surface area contributed by atoms with Gasteiger partial charge in [0.05, 0.1) is 6.10 Å². The number of aliphatic hydroxyl groups is 1. The largest absolute Gasteiger partial charge is 0.481 e. The van der Waals surface area contributed by atoms with E-state index in [-0.39, 0.29) is 30.5 Å². The third-order valence-corrected chi connectivity index (χ3v) is 3.33. The molecule has 0 bridgehead atoms. The highest BCUT2D eigenvalue weighted by atomic mass is 16.4. The molecule has 1 aliphatic rings. The lowest BCUT2D eigenvalue weighted by molar-refractivity contribution is -0.137. The Morgan fingerprint density at radius 1 is 1.44 bits per heavy atom. The molecule has 1 fully saturated rings. The van der Waals surface area contributed by atoms with E-state index in [0.717, 1.165) is 0 Å². The number of aliphatic hydroxyl groups excluding tert-OH is 1. The number of ketones is 1. The maximum atomic E-state index is 11.5. The summed E-state index contributed by atoms with van der Waals surface area (Å²) < 4.78 is 0. The molecule has 0 spiro atoms. The lowest BCUT2D eigenvalue weighted by Gasteiger charge is -2.15. The fourth-order valence-corrected chi connectivity index (χ4v) is 2.32. The summed E-state index contributed by atoms with van der Waals surface area (Å²) in [6.45, 7) is 3.63. The monoisotopic (exact) mass is 252 g/mol. The topological polar surface area (TPSA) is 74.6 Å². The van der Waals surface area contributed by atoms with Gasteiger partial charge >= 0.3 is 5.97 Å². The van der Waals surface area contributed by atoms with Gasteiger partial charge in [-0.05, 0) is 19.3 Å². The summed E-state index contributed by atoms with van der Waals surface area (Å²) in [5.74, 6) is -1.05. The lowest BCUT2D eigenvalue weighted by Crippen LogP contribution is -2.18. The smallest absolute Gasteiger partial charge is 0.303 e. The Balaban J connectivity index is 2.33. The van der Waals surface area contributed by atoms with E-state index in [4.69, 9.17) is 5.11 Å². The van der Waals surface area contributed by atoms with Crippen LogP contribution in [0.3, 0.4) is 0 Å². The molecular formula is C14H20O4. The third kappa shape index (κ3) is 4.11. The van der Waals surface area contributed by atoms with Gasteiger partial charge in [-0.25, -0.2) is 0 Å². The molecule has 0 aromatic carbocycles. The quantitative estimate of drug-likeness (QED) is 0.536. The van der Waals surface area contributed by atoms with Gasteiger partial charge in [-0.15, -0.1) is 6.58 Å². The number of carboxylic acid groups (broad SMARTS) is 1. The minimum Gasteiger partial charge on any atom is -0.481 e. The van der Waals surface area contributed by atoms with Gasteiger partial charge in [0, 0.05) is 24.7 Å². The van der Waals surface area contributed by atoms with E-state index >= 15 is 0 Å². The number of carbonyl (C=O) groups is 2. The second kappa shape index (κ2) is 7.11. The van der Waals surface area contributed by atoms with Crippen molar-refractivity contribution in [1.29, 1.82) is 0 Å². The molecule has 2 N–H and O–H groups in total. The first kappa shape index (κ1) is 14.6.